The van der Waals surface area contributed by atoms with E-state index in [1.807, 2.05) is 38.1 Å². The summed E-state index contributed by atoms with van der Waals surface area (Å²) in [5.41, 5.74) is 0.779. The lowest BCUT2D eigenvalue weighted by molar-refractivity contribution is 0.678. The molecule has 0 aliphatic heterocycles. The van der Waals surface area contributed by atoms with Crippen LogP contribution in [-0.2, 0) is 9.73 Å². The molecular formula is C10H14BrNOS. The molecule has 0 saturated heterocycles. The highest BCUT2D eigenvalue weighted by Crippen LogP contribution is 2.26. The van der Waals surface area contributed by atoms with Gasteiger partial charge in [-0.2, -0.15) is 4.36 Å². The molecule has 0 aliphatic rings. The van der Waals surface area contributed by atoms with E-state index in [0.717, 1.165) is 10.2 Å². The Hall–Kier alpha value is -0.350. The highest BCUT2D eigenvalue weighted by Gasteiger charge is 2.04. The molecule has 0 N–H and O–H groups in total. The quantitative estimate of drug-likeness (QED) is 0.829. The van der Waals surface area contributed by atoms with Crippen molar-refractivity contribution < 1.29 is 4.21 Å². The second-order valence-electron chi connectivity index (χ2n) is 2.89. The third-order valence-corrected chi connectivity index (χ3v) is 5.02. The monoisotopic (exact) mass is 275 g/mol. The lowest BCUT2D eigenvalue weighted by atomic mass is 10.3. The van der Waals surface area contributed by atoms with E-state index in [2.05, 4.69) is 20.3 Å². The maximum Gasteiger partial charge on any atom is 0.0872 e. The van der Waals surface area contributed by atoms with Crippen LogP contribution in [0, 0.1) is 0 Å². The Kier molecular flexibility index (Phi) is 4.13. The summed E-state index contributed by atoms with van der Waals surface area (Å²) < 4.78 is 17.3. The molecule has 4 heteroatoms. The molecule has 0 bridgehead atoms. The number of rotatable bonds is 3. The first-order valence-electron chi connectivity index (χ1n) is 4.58. The molecule has 0 aliphatic carbocycles. The summed E-state index contributed by atoms with van der Waals surface area (Å²) >= 11 is 3.39. The van der Waals surface area contributed by atoms with Gasteiger partial charge in [0.15, 0.2) is 0 Å². The van der Waals surface area contributed by atoms with Crippen LogP contribution in [0.1, 0.15) is 13.8 Å². The number of nitrogens with zero attached hydrogens (tertiary/aromatic N) is 1. The summed E-state index contributed by atoms with van der Waals surface area (Å²) in [7, 11) is -2.05. The Morgan fingerprint density at radius 3 is 2.36 bits per heavy atom. The zero-order valence-electron chi connectivity index (χ0n) is 8.37. The van der Waals surface area contributed by atoms with E-state index in [0.29, 0.717) is 11.5 Å². The Labute approximate surface area is 94.0 Å². The van der Waals surface area contributed by atoms with E-state index in [1.54, 1.807) is 0 Å². The average molecular weight is 276 g/mol. The molecule has 14 heavy (non-hydrogen) atoms. The van der Waals surface area contributed by atoms with E-state index < -0.39 is 9.73 Å². The highest BCUT2D eigenvalue weighted by atomic mass is 79.9. The van der Waals surface area contributed by atoms with Gasteiger partial charge in [-0.05, 0) is 28.1 Å². The van der Waals surface area contributed by atoms with Crippen LogP contribution < -0.4 is 0 Å². The third kappa shape index (κ3) is 2.82. The van der Waals surface area contributed by atoms with Gasteiger partial charge < -0.3 is 0 Å². The summed E-state index contributed by atoms with van der Waals surface area (Å²) in [6.07, 6.45) is 0. The Bertz CT molecular complexity index is 412. The topological polar surface area (TPSA) is 29.4 Å². The zero-order chi connectivity index (χ0) is 10.6. The molecule has 78 valence electrons. The van der Waals surface area contributed by atoms with Crippen LogP contribution in [0.5, 0.6) is 0 Å². The Balaban J connectivity index is 3.21. The second kappa shape index (κ2) is 4.94. The van der Waals surface area contributed by atoms with Crippen LogP contribution in [0.3, 0.4) is 0 Å². The lowest BCUT2D eigenvalue weighted by Gasteiger charge is -2.04. The summed E-state index contributed by atoms with van der Waals surface area (Å²) in [6.45, 7) is 3.82. The fourth-order valence-corrected chi connectivity index (χ4v) is 2.71. The van der Waals surface area contributed by atoms with Gasteiger partial charge in [0.1, 0.15) is 0 Å². The number of halogens is 1. The first kappa shape index (κ1) is 11.7. The molecule has 2 nitrogen and oxygen atoms in total. The van der Waals surface area contributed by atoms with Crippen molar-refractivity contribution in [2.45, 2.75) is 13.8 Å². The molecule has 0 aromatic heterocycles. The van der Waals surface area contributed by atoms with E-state index in [9.17, 15) is 4.21 Å². The lowest BCUT2D eigenvalue weighted by Crippen LogP contribution is -2.04. The SMILES string of the molecule is CCS(=O)(CC)=Nc1ccccc1Br. The van der Waals surface area contributed by atoms with Gasteiger partial charge in [0.05, 0.1) is 15.4 Å². The van der Waals surface area contributed by atoms with Gasteiger partial charge in [-0.1, -0.05) is 26.0 Å². The van der Waals surface area contributed by atoms with Crippen molar-refractivity contribution in [1.29, 1.82) is 0 Å². The van der Waals surface area contributed by atoms with Crippen molar-refractivity contribution in [1.82, 2.24) is 0 Å². The highest BCUT2D eigenvalue weighted by molar-refractivity contribution is 9.10. The first-order valence-corrected chi connectivity index (χ1v) is 7.23. The van der Waals surface area contributed by atoms with Crippen molar-refractivity contribution in [2.24, 2.45) is 4.36 Å². The van der Waals surface area contributed by atoms with Crippen molar-refractivity contribution >= 4 is 31.3 Å². The van der Waals surface area contributed by atoms with E-state index in [-0.39, 0.29) is 0 Å². The minimum Gasteiger partial charge on any atom is -0.249 e. The Morgan fingerprint density at radius 2 is 1.86 bits per heavy atom. The zero-order valence-corrected chi connectivity index (χ0v) is 10.8. The fourth-order valence-electron chi connectivity index (χ4n) is 1.04. The molecule has 0 heterocycles. The maximum absolute atomic E-state index is 12.1. The van der Waals surface area contributed by atoms with Crippen LogP contribution >= 0.6 is 15.9 Å². The number of benzene rings is 1. The minimum absolute atomic E-state index is 0.602. The maximum atomic E-state index is 12.1. The van der Waals surface area contributed by atoms with Gasteiger partial charge in [0, 0.05) is 16.0 Å². The van der Waals surface area contributed by atoms with Gasteiger partial charge in [-0.15, -0.1) is 0 Å². The van der Waals surface area contributed by atoms with Crippen LogP contribution in [0.25, 0.3) is 0 Å². The standard InChI is InChI=1S/C10H14BrNOS/c1-3-14(13,4-2)12-10-8-6-5-7-9(10)11/h5-8H,3-4H2,1-2H3. The minimum atomic E-state index is -2.05. The van der Waals surface area contributed by atoms with Crippen molar-refractivity contribution in [3.63, 3.8) is 0 Å². The van der Waals surface area contributed by atoms with E-state index >= 15 is 0 Å². The van der Waals surface area contributed by atoms with Crippen LogP contribution in [0.15, 0.2) is 33.1 Å². The average Bonchev–Trinajstić information content (AvgIpc) is 2.21. The van der Waals surface area contributed by atoms with Crippen molar-refractivity contribution in [3.05, 3.63) is 28.7 Å². The summed E-state index contributed by atoms with van der Waals surface area (Å²) in [5, 5.41) is 0. The van der Waals surface area contributed by atoms with Gasteiger partial charge in [-0.3, -0.25) is 0 Å². The van der Waals surface area contributed by atoms with Gasteiger partial charge in [-0.25, -0.2) is 4.21 Å². The molecule has 0 unspecified atom stereocenters. The van der Waals surface area contributed by atoms with Gasteiger partial charge >= 0.3 is 0 Å². The fraction of sp³-hybridized carbons (Fsp3) is 0.400. The van der Waals surface area contributed by atoms with E-state index in [4.69, 9.17) is 0 Å². The van der Waals surface area contributed by atoms with Crippen LogP contribution in [-0.4, -0.2) is 15.7 Å². The molecule has 0 saturated carbocycles. The molecule has 1 rings (SSSR count). The van der Waals surface area contributed by atoms with Crippen LogP contribution in [0.2, 0.25) is 0 Å². The largest absolute Gasteiger partial charge is 0.249 e. The molecule has 0 fully saturated rings. The Morgan fingerprint density at radius 1 is 1.29 bits per heavy atom. The molecule has 1 aromatic rings. The van der Waals surface area contributed by atoms with Gasteiger partial charge in [0.2, 0.25) is 0 Å². The molecule has 1 aromatic carbocycles. The number of hydrogen-bond donors (Lipinski definition) is 0. The molecular weight excluding hydrogens is 262 g/mol. The van der Waals surface area contributed by atoms with Crippen LogP contribution in [0.4, 0.5) is 5.69 Å². The second-order valence-corrected chi connectivity index (χ2v) is 6.63. The summed E-state index contributed by atoms with van der Waals surface area (Å²) in [4.78, 5) is 0. The first-order chi connectivity index (χ1) is 6.61. The van der Waals surface area contributed by atoms with Crippen molar-refractivity contribution in [3.8, 4) is 0 Å². The van der Waals surface area contributed by atoms with Gasteiger partial charge in [0.25, 0.3) is 0 Å². The molecule has 0 atom stereocenters. The van der Waals surface area contributed by atoms with E-state index in [1.165, 1.54) is 0 Å². The summed E-state index contributed by atoms with van der Waals surface area (Å²) in [6, 6.07) is 7.59. The van der Waals surface area contributed by atoms with Crippen molar-refractivity contribution in [2.75, 3.05) is 11.5 Å². The molecule has 0 spiro atoms. The molecule has 0 radical (unpaired) electrons. The summed E-state index contributed by atoms with van der Waals surface area (Å²) in [5.74, 6) is 1.20. The molecule has 0 amide bonds. The normalized spacial score (nSPS) is 11.4. The smallest absolute Gasteiger partial charge is 0.0872 e. The third-order valence-electron chi connectivity index (χ3n) is 2.02. The predicted molar refractivity (Wildman–Crippen MR) is 65.5 cm³/mol. The number of hydrogen-bond acceptors (Lipinski definition) is 2. The predicted octanol–water partition coefficient (Wildman–Crippen LogP) is 3.59.